The van der Waals surface area contributed by atoms with Crippen LogP contribution in [0.4, 0.5) is 0 Å². The number of nitriles is 1. The topological polar surface area (TPSA) is 23.8 Å². The second kappa shape index (κ2) is 5.35. The Morgan fingerprint density at radius 2 is 1.75 bits per heavy atom. The zero-order chi connectivity index (χ0) is 13.9. The summed E-state index contributed by atoms with van der Waals surface area (Å²) in [7, 11) is 0. The Bertz CT molecular complexity index is 700. The zero-order valence-corrected chi connectivity index (χ0v) is 11.7. The average molecular weight is 259 g/mol. The number of nitrogens with zero attached hydrogens (tertiary/aromatic N) is 1. The van der Waals surface area contributed by atoms with Crippen molar-refractivity contribution in [3.63, 3.8) is 0 Å². The van der Waals surface area contributed by atoms with Gasteiger partial charge in [-0.15, -0.1) is 0 Å². The molecule has 0 heterocycles. The van der Waals surface area contributed by atoms with Gasteiger partial charge in [0.2, 0.25) is 0 Å². The van der Waals surface area contributed by atoms with Crippen LogP contribution < -0.4 is 0 Å². The van der Waals surface area contributed by atoms with Crippen molar-refractivity contribution in [3.8, 4) is 17.2 Å². The highest BCUT2D eigenvalue weighted by Gasteiger charge is 2.10. The third-order valence-electron chi connectivity index (χ3n) is 4.02. The van der Waals surface area contributed by atoms with Crippen LogP contribution in [0.1, 0.15) is 36.5 Å². The molecule has 1 aliphatic carbocycles. The second-order valence-electron chi connectivity index (χ2n) is 5.26. The van der Waals surface area contributed by atoms with Gasteiger partial charge in [0.15, 0.2) is 0 Å². The van der Waals surface area contributed by atoms with Gasteiger partial charge in [-0.2, -0.15) is 5.26 Å². The quantitative estimate of drug-likeness (QED) is 0.747. The van der Waals surface area contributed by atoms with Crippen molar-refractivity contribution < 1.29 is 0 Å². The molecule has 0 saturated heterocycles. The largest absolute Gasteiger partial charge is 0.192 e. The number of allylic oxidation sites excluding steroid dienone is 1. The van der Waals surface area contributed by atoms with Crippen molar-refractivity contribution in [2.24, 2.45) is 0 Å². The molecule has 0 bridgehead atoms. The van der Waals surface area contributed by atoms with E-state index in [1.165, 1.54) is 28.7 Å². The molecule has 20 heavy (non-hydrogen) atoms. The first-order valence-corrected chi connectivity index (χ1v) is 7.13. The molecule has 3 rings (SSSR count). The first-order chi connectivity index (χ1) is 9.80. The Kier molecular flexibility index (Phi) is 3.39. The lowest BCUT2D eigenvalue weighted by Gasteiger charge is -2.16. The van der Waals surface area contributed by atoms with E-state index in [-0.39, 0.29) is 0 Å². The molecule has 0 saturated carbocycles. The molecule has 0 radical (unpaired) electrons. The summed E-state index contributed by atoms with van der Waals surface area (Å²) in [5.74, 6) is 0. The summed E-state index contributed by atoms with van der Waals surface area (Å²) in [6.45, 7) is 2.22. The van der Waals surface area contributed by atoms with Crippen LogP contribution in [0.3, 0.4) is 0 Å². The van der Waals surface area contributed by atoms with Gasteiger partial charge in [-0.25, -0.2) is 0 Å². The van der Waals surface area contributed by atoms with Crippen molar-refractivity contribution in [2.45, 2.75) is 26.2 Å². The molecular formula is C19H17N. The van der Waals surface area contributed by atoms with Gasteiger partial charge in [0.1, 0.15) is 0 Å². The van der Waals surface area contributed by atoms with Crippen LogP contribution in [0.5, 0.6) is 0 Å². The highest BCUT2D eigenvalue weighted by atomic mass is 14.2. The lowest BCUT2D eigenvalue weighted by Crippen LogP contribution is -1.99. The molecule has 0 spiro atoms. The molecule has 0 amide bonds. The SMILES string of the molecule is CCC1=Cc2ccc(-c3ccc(C#N)cc3)cc2CC1. The van der Waals surface area contributed by atoms with Crippen molar-refractivity contribution >= 4 is 6.08 Å². The minimum absolute atomic E-state index is 0.710. The first kappa shape index (κ1) is 12.7. The standard InChI is InChI=1S/C19H17N/c1-2-14-3-8-19-12-18(10-9-17(19)11-14)16-6-4-15(13-20)5-7-16/h4-7,9-12H,2-3,8H2,1H3. The van der Waals surface area contributed by atoms with E-state index in [0.717, 1.165) is 12.8 Å². The predicted molar refractivity (Wildman–Crippen MR) is 83.2 cm³/mol. The number of aryl methyl sites for hydroxylation is 1. The maximum Gasteiger partial charge on any atom is 0.0991 e. The molecule has 2 aromatic carbocycles. The number of fused-ring (bicyclic) bond motifs is 1. The fraction of sp³-hybridized carbons (Fsp3) is 0.211. The van der Waals surface area contributed by atoms with Gasteiger partial charge in [-0.1, -0.05) is 48.9 Å². The van der Waals surface area contributed by atoms with Gasteiger partial charge >= 0.3 is 0 Å². The maximum atomic E-state index is 8.85. The molecule has 1 nitrogen and oxygen atoms in total. The molecule has 0 atom stereocenters. The van der Waals surface area contributed by atoms with E-state index in [1.54, 1.807) is 5.57 Å². The van der Waals surface area contributed by atoms with E-state index in [0.29, 0.717) is 5.56 Å². The van der Waals surface area contributed by atoms with E-state index in [2.05, 4.69) is 37.3 Å². The van der Waals surface area contributed by atoms with Crippen molar-refractivity contribution in [2.75, 3.05) is 0 Å². The minimum Gasteiger partial charge on any atom is -0.192 e. The van der Waals surface area contributed by atoms with Gasteiger partial charge in [0, 0.05) is 0 Å². The number of benzene rings is 2. The molecular weight excluding hydrogens is 242 g/mol. The van der Waals surface area contributed by atoms with Crippen molar-refractivity contribution in [1.29, 1.82) is 5.26 Å². The lowest BCUT2D eigenvalue weighted by molar-refractivity contribution is 0.876. The highest BCUT2D eigenvalue weighted by Crippen LogP contribution is 2.29. The molecule has 0 unspecified atom stereocenters. The lowest BCUT2D eigenvalue weighted by atomic mass is 9.89. The highest BCUT2D eigenvalue weighted by molar-refractivity contribution is 5.70. The zero-order valence-electron chi connectivity index (χ0n) is 11.7. The van der Waals surface area contributed by atoms with Gasteiger partial charge < -0.3 is 0 Å². The van der Waals surface area contributed by atoms with Crippen molar-refractivity contribution in [1.82, 2.24) is 0 Å². The predicted octanol–water partition coefficient (Wildman–Crippen LogP) is 4.96. The second-order valence-corrected chi connectivity index (χ2v) is 5.26. The van der Waals surface area contributed by atoms with Crippen LogP contribution in [0.25, 0.3) is 17.2 Å². The molecule has 2 aromatic rings. The summed E-state index contributed by atoms with van der Waals surface area (Å²) in [6.07, 6.45) is 5.80. The van der Waals surface area contributed by atoms with Gasteiger partial charge in [0.25, 0.3) is 0 Å². The Morgan fingerprint density at radius 3 is 2.45 bits per heavy atom. The van der Waals surface area contributed by atoms with Crippen molar-refractivity contribution in [3.05, 3.63) is 64.7 Å². The summed E-state index contributed by atoms with van der Waals surface area (Å²) < 4.78 is 0. The summed E-state index contributed by atoms with van der Waals surface area (Å²) in [6, 6.07) is 16.7. The van der Waals surface area contributed by atoms with E-state index in [1.807, 2.05) is 24.3 Å². The van der Waals surface area contributed by atoms with Crippen LogP contribution in [0.15, 0.2) is 48.0 Å². The van der Waals surface area contributed by atoms with Crippen LogP contribution in [0, 0.1) is 11.3 Å². The first-order valence-electron chi connectivity index (χ1n) is 7.13. The summed E-state index contributed by atoms with van der Waals surface area (Å²) in [5.41, 5.74) is 7.47. The van der Waals surface area contributed by atoms with Gasteiger partial charge in [-0.05, 0) is 53.6 Å². The molecule has 1 heteroatoms. The Hall–Kier alpha value is -2.33. The maximum absolute atomic E-state index is 8.85. The monoisotopic (exact) mass is 259 g/mol. The fourth-order valence-corrected chi connectivity index (χ4v) is 2.75. The molecule has 1 aliphatic rings. The molecule has 0 aromatic heterocycles. The van der Waals surface area contributed by atoms with E-state index in [4.69, 9.17) is 5.26 Å². The van der Waals surface area contributed by atoms with E-state index in [9.17, 15) is 0 Å². The van der Waals surface area contributed by atoms with Crippen LogP contribution >= 0.6 is 0 Å². The minimum atomic E-state index is 0.710. The Balaban J connectivity index is 1.97. The third kappa shape index (κ3) is 2.38. The Labute approximate surface area is 120 Å². The van der Waals surface area contributed by atoms with Crippen LogP contribution in [0.2, 0.25) is 0 Å². The summed E-state index contributed by atoms with van der Waals surface area (Å²) in [4.78, 5) is 0. The molecule has 0 N–H and O–H groups in total. The Morgan fingerprint density at radius 1 is 1.00 bits per heavy atom. The number of rotatable bonds is 2. The number of hydrogen-bond acceptors (Lipinski definition) is 1. The summed E-state index contributed by atoms with van der Waals surface area (Å²) >= 11 is 0. The fourth-order valence-electron chi connectivity index (χ4n) is 2.75. The van der Waals surface area contributed by atoms with Gasteiger partial charge in [-0.3, -0.25) is 0 Å². The van der Waals surface area contributed by atoms with E-state index >= 15 is 0 Å². The third-order valence-corrected chi connectivity index (χ3v) is 4.02. The normalized spacial score (nSPS) is 13.3. The van der Waals surface area contributed by atoms with E-state index < -0.39 is 0 Å². The van der Waals surface area contributed by atoms with Crippen LogP contribution in [-0.4, -0.2) is 0 Å². The molecule has 0 aliphatic heterocycles. The average Bonchev–Trinajstić information content (AvgIpc) is 2.54. The number of hydrogen-bond donors (Lipinski definition) is 0. The summed E-state index contributed by atoms with van der Waals surface area (Å²) in [5, 5.41) is 8.85. The molecule has 0 fully saturated rings. The van der Waals surface area contributed by atoms with Gasteiger partial charge in [0.05, 0.1) is 11.6 Å². The molecule has 98 valence electrons. The van der Waals surface area contributed by atoms with Crippen LogP contribution in [-0.2, 0) is 6.42 Å². The smallest absolute Gasteiger partial charge is 0.0991 e.